The minimum absolute atomic E-state index is 0.0366. The lowest BCUT2D eigenvalue weighted by atomic mass is 9.88. The highest BCUT2D eigenvalue weighted by atomic mass is 16.2. The second kappa shape index (κ2) is 5.47. The molecule has 2 aliphatic rings. The van der Waals surface area contributed by atoms with Crippen LogP contribution in [0.1, 0.15) is 32.3 Å². The third-order valence-corrected chi connectivity index (χ3v) is 4.99. The summed E-state index contributed by atoms with van der Waals surface area (Å²) in [5.74, 6) is 1.64. The summed E-state index contributed by atoms with van der Waals surface area (Å²) < 4.78 is 0. The predicted molar refractivity (Wildman–Crippen MR) is 81.7 cm³/mol. The molecule has 1 N–H and O–H groups in total. The number of para-hydroxylation sites is 1. The molecule has 0 aliphatic carbocycles. The molecule has 3 heteroatoms. The molecule has 1 aromatic rings. The number of carbonyl (C=O) groups is 1. The van der Waals surface area contributed by atoms with Crippen molar-refractivity contribution in [3.63, 3.8) is 0 Å². The first kappa shape index (κ1) is 13.5. The van der Waals surface area contributed by atoms with Crippen molar-refractivity contribution >= 4 is 11.6 Å². The molecular weight excluding hydrogens is 248 g/mol. The van der Waals surface area contributed by atoms with E-state index in [1.165, 1.54) is 5.56 Å². The van der Waals surface area contributed by atoms with Crippen molar-refractivity contribution in [1.82, 2.24) is 4.90 Å². The summed E-state index contributed by atoms with van der Waals surface area (Å²) in [5.41, 5.74) is 2.47. The number of aryl methyl sites for hydroxylation is 1. The molecule has 2 heterocycles. The van der Waals surface area contributed by atoms with Crippen LogP contribution >= 0.6 is 0 Å². The third kappa shape index (κ3) is 2.54. The van der Waals surface area contributed by atoms with Crippen molar-refractivity contribution in [3.8, 4) is 0 Å². The molecule has 0 radical (unpaired) electrons. The Balaban J connectivity index is 1.67. The molecule has 3 nitrogen and oxygen atoms in total. The lowest BCUT2D eigenvalue weighted by Crippen LogP contribution is -2.49. The van der Waals surface area contributed by atoms with E-state index in [4.69, 9.17) is 0 Å². The van der Waals surface area contributed by atoms with Gasteiger partial charge in [0.05, 0.1) is 0 Å². The molecule has 0 aromatic heterocycles. The Bertz CT molecular complexity index is 500. The number of piperidine rings is 1. The molecule has 1 saturated heterocycles. The van der Waals surface area contributed by atoms with Crippen LogP contribution in [0.4, 0.5) is 5.69 Å². The van der Waals surface area contributed by atoms with Gasteiger partial charge in [-0.05, 0) is 42.7 Å². The number of fused-ring (bicyclic) bond motifs is 1. The van der Waals surface area contributed by atoms with Crippen molar-refractivity contribution in [1.29, 1.82) is 0 Å². The Kier molecular flexibility index (Phi) is 3.68. The molecule has 3 rings (SSSR count). The average molecular weight is 272 g/mol. The van der Waals surface area contributed by atoms with Crippen molar-refractivity contribution < 1.29 is 4.79 Å². The highest BCUT2D eigenvalue weighted by Crippen LogP contribution is 2.27. The molecule has 0 spiro atoms. The van der Waals surface area contributed by atoms with Crippen LogP contribution in [0.25, 0.3) is 0 Å². The molecule has 0 bridgehead atoms. The van der Waals surface area contributed by atoms with Crippen molar-refractivity contribution in [2.45, 2.75) is 39.2 Å². The first-order chi connectivity index (χ1) is 9.65. The summed E-state index contributed by atoms with van der Waals surface area (Å²) in [4.78, 5) is 14.7. The normalized spacial score (nSPS) is 29.5. The van der Waals surface area contributed by atoms with Gasteiger partial charge in [-0.1, -0.05) is 32.0 Å². The van der Waals surface area contributed by atoms with Crippen LogP contribution in [0.2, 0.25) is 0 Å². The van der Waals surface area contributed by atoms with Crippen molar-refractivity contribution in [3.05, 3.63) is 29.8 Å². The number of nitrogens with zero attached hydrogens (tertiary/aromatic N) is 1. The van der Waals surface area contributed by atoms with Gasteiger partial charge in [0.1, 0.15) is 6.04 Å². The molecular formula is C17H24N2O. The smallest absolute Gasteiger partial charge is 0.245 e. The van der Waals surface area contributed by atoms with Gasteiger partial charge in [-0.2, -0.15) is 0 Å². The van der Waals surface area contributed by atoms with Gasteiger partial charge >= 0.3 is 0 Å². The predicted octanol–water partition coefficient (Wildman–Crippen LogP) is 2.92. The van der Waals surface area contributed by atoms with Crippen LogP contribution in [0.15, 0.2) is 24.3 Å². The molecule has 3 unspecified atom stereocenters. The average Bonchev–Trinajstić information content (AvgIpc) is 2.49. The molecule has 2 aliphatic heterocycles. The number of amides is 1. The molecule has 0 saturated carbocycles. The Morgan fingerprint density at radius 1 is 1.20 bits per heavy atom. The minimum Gasteiger partial charge on any atom is -0.373 e. The van der Waals surface area contributed by atoms with E-state index in [-0.39, 0.29) is 6.04 Å². The number of rotatable bonds is 1. The summed E-state index contributed by atoms with van der Waals surface area (Å²) in [5, 5.41) is 3.43. The van der Waals surface area contributed by atoms with E-state index in [2.05, 4.69) is 42.3 Å². The first-order valence-corrected chi connectivity index (χ1v) is 7.78. The second-order valence-corrected chi connectivity index (χ2v) is 6.42. The fourth-order valence-corrected chi connectivity index (χ4v) is 3.31. The molecule has 1 aromatic carbocycles. The van der Waals surface area contributed by atoms with E-state index in [1.54, 1.807) is 0 Å². The summed E-state index contributed by atoms with van der Waals surface area (Å²) in [6, 6.07) is 8.29. The van der Waals surface area contributed by atoms with Crippen LogP contribution in [0.3, 0.4) is 0 Å². The molecule has 3 atom stereocenters. The standard InChI is InChI=1S/C17H24N2O/c1-12-9-10-19(11-13(12)2)17(20)16-8-7-14-5-3-4-6-15(14)18-16/h3-6,12-13,16,18H,7-11H2,1-2H3. The highest BCUT2D eigenvalue weighted by Gasteiger charge is 2.31. The van der Waals surface area contributed by atoms with Crippen LogP contribution in [-0.2, 0) is 11.2 Å². The third-order valence-electron chi connectivity index (χ3n) is 4.99. The number of anilines is 1. The van der Waals surface area contributed by atoms with Gasteiger partial charge in [-0.15, -0.1) is 0 Å². The highest BCUT2D eigenvalue weighted by molar-refractivity contribution is 5.85. The van der Waals surface area contributed by atoms with Gasteiger partial charge in [0.2, 0.25) is 5.91 Å². The van der Waals surface area contributed by atoms with Crippen LogP contribution in [0.5, 0.6) is 0 Å². The van der Waals surface area contributed by atoms with Crippen LogP contribution < -0.4 is 5.32 Å². The van der Waals surface area contributed by atoms with Crippen molar-refractivity contribution in [2.75, 3.05) is 18.4 Å². The molecule has 108 valence electrons. The van der Waals surface area contributed by atoms with Gasteiger partial charge in [0, 0.05) is 18.8 Å². The van der Waals surface area contributed by atoms with E-state index in [0.29, 0.717) is 11.8 Å². The quantitative estimate of drug-likeness (QED) is 0.852. The number of nitrogens with one attached hydrogen (secondary N) is 1. The number of likely N-dealkylation sites (tertiary alicyclic amines) is 1. The maximum atomic E-state index is 12.7. The zero-order valence-corrected chi connectivity index (χ0v) is 12.4. The topological polar surface area (TPSA) is 32.3 Å². The maximum absolute atomic E-state index is 12.7. The lowest BCUT2D eigenvalue weighted by molar-refractivity contribution is -0.134. The van der Waals surface area contributed by atoms with Gasteiger partial charge in [0.25, 0.3) is 0 Å². The number of benzene rings is 1. The van der Waals surface area contributed by atoms with Crippen LogP contribution in [0, 0.1) is 11.8 Å². The van der Waals surface area contributed by atoms with Gasteiger partial charge in [0.15, 0.2) is 0 Å². The molecule has 20 heavy (non-hydrogen) atoms. The summed E-state index contributed by atoms with van der Waals surface area (Å²) in [6.45, 7) is 6.39. The second-order valence-electron chi connectivity index (χ2n) is 6.42. The summed E-state index contributed by atoms with van der Waals surface area (Å²) >= 11 is 0. The van der Waals surface area contributed by atoms with Crippen molar-refractivity contribution in [2.24, 2.45) is 11.8 Å². The van der Waals surface area contributed by atoms with E-state index >= 15 is 0 Å². The van der Waals surface area contributed by atoms with E-state index in [9.17, 15) is 4.79 Å². The molecule has 1 amide bonds. The number of hydrogen-bond acceptors (Lipinski definition) is 2. The van der Waals surface area contributed by atoms with Gasteiger partial charge in [-0.3, -0.25) is 4.79 Å². The fraction of sp³-hybridized carbons (Fsp3) is 0.588. The Morgan fingerprint density at radius 2 is 2.00 bits per heavy atom. The largest absolute Gasteiger partial charge is 0.373 e. The minimum atomic E-state index is -0.0366. The maximum Gasteiger partial charge on any atom is 0.245 e. The summed E-state index contributed by atoms with van der Waals surface area (Å²) in [6.07, 6.45) is 3.05. The monoisotopic (exact) mass is 272 g/mol. The zero-order valence-electron chi connectivity index (χ0n) is 12.4. The van der Waals surface area contributed by atoms with Gasteiger partial charge in [-0.25, -0.2) is 0 Å². The number of hydrogen-bond donors (Lipinski definition) is 1. The lowest BCUT2D eigenvalue weighted by Gasteiger charge is -2.38. The zero-order chi connectivity index (χ0) is 14.1. The number of carbonyl (C=O) groups excluding carboxylic acids is 1. The van der Waals surface area contributed by atoms with E-state index < -0.39 is 0 Å². The fourth-order valence-electron chi connectivity index (χ4n) is 3.31. The first-order valence-electron chi connectivity index (χ1n) is 7.78. The van der Waals surface area contributed by atoms with E-state index in [1.807, 2.05) is 6.07 Å². The van der Waals surface area contributed by atoms with Gasteiger partial charge < -0.3 is 10.2 Å². The summed E-state index contributed by atoms with van der Waals surface area (Å²) in [7, 11) is 0. The Labute approximate surface area is 121 Å². The Morgan fingerprint density at radius 3 is 2.80 bits per heavy atom. The Hall–Kier alpha value is -1.51. The van der Waals surface area contributed by atoms with Crippen LogP contribution in [-0.4, -0.2) is 29.9 Å². The molecule has 1 fully saturated rings. The van der Waals surface area contributed by atoms with E-state index in [0.717, 1.165) is 44.0 Å². The SMILES string of the molecule is CC1CCN(C(=O)C2CCc3ccccc3N2)CC1C.